The quantitative estimate of drug-likeness (QED) is 0.0828. The summed E-state index contributed by atoms with van der Waals surface area (Å²) in [5.74, 6) is -2.37. The first-order valence-corrected chi connectivity index (χ1v) is 11.8. The van der Waals surface area contributed by atoms with Gasteiger partial charge in [-0.2, -0.15) is 0 Å². The molecule has 0 aromatic carbocycles. The van der Waals surface area contributed by atoms with Crippen LogP contribution in [0.3, 0.4) is 0 Å². The second-order valence-electron chi connectivity index (χ2n) is 6.99. The number of esters is 2. The number of aliphatic hydroxyl groups is 1. The number of carbonyl (C=O) groups is 2. The van der Waals surface area contributed by atoms with Crippen LogP contribution in [-0.4, -0.2) is 67.8 Å². The number of ether oxygens (including phenoxy) is 3. The molecule has 176 valence electrons. The Labute approximate surface area is 207 Å². The van der Waals surface area contributed by atoms with Gasteiger partial charge in [-0.3, -0.25) is 9.59 Å². The third kappa shape index (κ3) is 18.8. The van der Waals surface area contributed by atoms with Crippen LogP contribution < -0.4 is 29.6 Å². The molecule has 9 nitrogen and oxygen atoms in total. The molecule has 0 bridgehead atoms. The molecule has 1 N–H and O–H groups in total. The number of hydrogen-bond donors (Lipinski definition) is 1. The average Bonchev–Trinajstić information content (AvgIpc) is 2.68. The maximum absolute atomic E-state index is 11.9. The minimum atomic E-state index is -5.13. The van der Waals surface area contributed by atoms with E-state index in [0.717, 1.165) is 19.3 Å². The Morgan fingerprint density at radius 3 is 2.16 bits per heavy atom. The average molecular weight is 475 g/mol. The summed E-state index contributed by atoms with van der Waals surface area (Å²) in [6.45, 7) is 5.09. The molecule has 0 rings (SSSR count). The van der Waals surface area contributed by atoms with Gasteiger partial charge in [0.25, 0.3) is 0 Å². The van der Waals surface area contributed by atoms with Gasteiger partial charge < -0.3 is 23.9 Å². The molecular weight excluding hydrogens is 439 g/mol. The van der Waals surface area contributed by atoms with Crippen LogP contribution in [0, 0.1) is 0 Å². The summed E-state index contributed by atoms with van der Waals surface area (Å²) in [6, 6.07) is 0. The zero-order chi connectivity index (χ0) is 22.8. The van der Waals surface area contributed by atoms with E-state index < -0.39 is 46.4 Å². The van der Waals surface area contributed by atoms with Crippen molar-refractivity contribution in [3.05, 3.63) is 12.7 Å². The van der Waals surface area contributed by atoms with Gasteiger partial charge in [-0.25, -0.2) is 8.42 Å². The molecule has 0 saturated heterocycles. The van der Waals surface area contributed by atoms with E-state index in [1.807, 2.05) is 0 Å². The van der Waals surface area contributed by atoms with E-state index in [9.17, 15) is 27.7 Å². The third-order valence-electron chi connectivity index (χ3n) is 4.19. The smallest absolute Gasteiger partial charge is 0.747 e. The molecular formula is C20H35NaO9S. The van der Waals surface area contributed by atoms with Crippen LogP contribution in [0.2, 0.25) is 0 Å². The largest absolute Gasteiger partial charge is 1.00 e. The van der Waals surface area contributed by atoms with Gasteiger partial charge in [0.1, 0.15) is 22.8 Å². The monoisotopic (exact) mass is 474 g/mol. The first-order valence-electron chi connectivity index (χ1n) is 10.4. The van der Waals surface area contributed by atoms with Crippen LogP contribution in [0.4, 0.5) is 0 Å². The second kappa shape index (κ2) is 20.1. The molecule has 31 heavy (non-hydrogen) atoms. The van der Waals surface area contributed by atoms with E-state index in [4.69, 9.17) is 9.47 Å². The van der Waals surface area contributed by atoms with Gasteiger partial charge in [0, 0.05) is 0 Å². The molecule has 0 heterocycles. The molecule has 2 atom stereocenters. The Balaban J connectivity index is 0. The van der Waals surface area contributed by atoms with Crippen molar-refractivity contribution >= 4 is 22.1 Å². The van der Waals surface area contributed by atoms with E-state index in [2.05, 4.69) is 18.2 Å². The fourth-order valence-electron chi connectivity index (χ4n) is 2.54. The standard InChI is InChI=1S/C20H36O9S.Na/c1-3-5-6-7-8-9-10-11-13-28-19(22)14-18(30(24,25)26)20(23)29-16-17(21)15-27-12-4-2;/h4,17-18,21H,2-3,5-16H2,1H3,(H,24,25,26);/q;+1/p-1. The van der Waals surface area contributed by atoms with Crippen molar-refractivity contribution in [1.82, 2.24) is 0 Å². The predicted molar refractivity (Wildman–Crippen MR) is 110 cm³/mol. The minimum Gasteiger partial charge on any atom is -0.747 e. The Hall–Kier alpha value is -0.490. The first kappa shape index (κ1) is 32.7. The predicted octanol–water partition coefficient (Wildman–Crippen LogP) is -0.915. The van der Waals surface area contributed by atoms with Crippen molar-refractivity contribution in [2.45, 2.75) is 76.1 Å². The van der Waals surface area contributed by atoms with E-state index in [0.29, 0.717) is 6.42 Å². The van der Waals surface area contributed by atoms with Crippen LogP contribution in [0.15, 0.2) is 12.7 Å². The van der Waals surface area contributed by atoms with Gasteiger partial charge >= 0.3 is 41.5 Å². The second-order valence-corrected chi connectivity index (χ2v) is 8.55. The van der Waals surface area contributed by atoms with Crippen molar-refractivity contribution in [2.24, 2.45) is 0 Å². The summed E-state index contributed by atoms with van der Waals surface area (Å²) in [5.41, 5.74) is 0. The van der Waals surface area contributed by atoms with Crippen LogP contribution in [-0.2, 0) is 33.9 Å². The number of carbonyl (C=O) groups excluding carboxylic acids is 2. The minimum absolute atomic E-state index is 0. The van der Waals surface area contributed by atoms with Crippen molar-refractivity contribution in [2.75, 3.05) is 26.4 Å². The molecule has 2 unspecified atom stereocenters. The first-order chi connectivity index (χ1) is 14.2. The molecule has 0 radical (unpaired) electrons. The molecule has 0 aliphatic heterocycles. The molecule has 0 fully saturated rings. The van der Waals surface area contributed by atoms with E-state index >= 15 is 0 Å². The SMILES string of the molecule is C=CCOCC(O)COC(=O)C(CC(=O)OCCCCCCCCCC)S(=O)(=O)[O-].[Na+]. The van der Waals surface area contributed by atoms with Crippen molar-refractivity contribution < 1.29 is 71.4 Å². The number of hydrogen-bond acceptors (Lipinski definition) is 9. The maximum atomic E-state index is 11.9. The molecule has 0 saturated carbocycles. The Bertz CT molecular complexity index is 595. The van der Waals surface area contributed by atoms with Crippen molar-refractivity contribution in [1.29, 1.82) is 0 Å². The Morgan fingerprint density at radius 1 is 1.03 bits per heavy atom. The zero-order valence-corrected chi connectivity index (χ0v) is 21.6. The van der Waals surface area contributed by atoms with Crippen molar-refractivity contribution in [3.8, 4) is 0 Å². The molecule has 0 aliphatic rings. The summed E-state index contributed by atoms with van der Waals surface area (Å²) in [4.78, 5) is 23.7. The molecule has 0 aliphatic carbocycles. The fourth-order valence-corrected chi connectivity index (χ4v) is 3.19. The van der Waals surface area contributed by atoms with E-state index in [1.54, 1.807) is 0 Å². The summed E-state index contributed by atoms with van der Waals surface area (Å²) in [5, 5.41) is 7.37. The summed E-state index contributed by atoms with van der Waals surface area (Å²) in [7, 11) is -5.13. The van der Waals surface area contributed by atoms with E-state index in [-0.39, 0.29) is 49.4 Å². The number of aliphatic hydroxyl groups excluding tert-OH is 1. The van der Waals surface area contributed by atoms with Gasteiger partial charge in [0.2, 0.25) is 0 Å². The molecule has 0 spiro atoms. The van der Waals surface area contributed by atoms with Gasteiger partial charge in [0.05, 0.1) is 26.2 Å². The van der Waals surface area contributed by atoms with Gasteiger partial charge in [-0.1, -0.05) is 57.9 Å². The molecule has 11 heteroatoms. The number of rotatable bonds is 19. The third-order valence-corrected chi connectivity index (χ3v) is 5.24. The fraction of sp³-hybridized carbons (Fsp3) is 0.800. The Kier molecular flexibility index (Phi) is 21.2. The zero-order valence-electron chi connectivity index (χ0n) is 18.8. The van der Waals surface area contributed by atoms with Crippen LogP contribution in [0.5, 0.6) is 0 Å². The topological polar surface area (TPSA) is 139 Å². The van der Waals surface area contributed by atoms with Crippen LogP contribution >= 0.6 is 0 Å². The maximum Gasteiger partial charge on any atom is 1.00 e. The normalized spacial score (nSPS) is 13.0. The number of unbranched alkanes of at least 4 members (excludes halogenated alkanes) is 7. The Morgan fingerprint density at radius 2 is 1.61 bits per heavy atom. The summed E-state index contributed by atoms with van der Waals surface area (Å²) >= 11 is 0. The molecule has 0 amide bonds. The van der Waals surface area contributed by atoms with Gasteiger partial charge in [-0.05, 0) is 6.42 Å². The van der Waals surface area contributed by atoms with E-state index in [1.165, 1.54) is 31.8 Å². The van der Waals surface area contributed by atoms with Gasteiger partial charge in [0.15, 0.2) is 5.25 Å². The van der Waals surface area contributed by atoms with Crippen LogP contribution in [0.1, 0.15) is 64.7 Å². The summed E-state index contributed by atoms with van der Waals surface area (Å²) < 4.78 is 48.5. The summed E-state index contributed by atoms with van der Waals surface area (Å²) in [6.07, 6.45) is 7.75. The molecule has 0 aromatic rings. The van der Waals surface area contributed by atoms with Crippen LogP contribution in [0.25, 0.3) is 0 Å². The van der Waals surface area contributed by atoms with Gasteiger partial charge in [-0.15, -0.1) is 6.58 Å². The molecule has 0 aromatic heterocycles. The van der Waals surface area contributed by atoms with Crippen molar-refractivity contribution in [3.63, 3.8) is 0 Å².